The van der Waals surface area contributed by atoms with Crippen LogP contribution >= 0.6 is 0 Å². The first-order chi connectivity index (χ1) is 14.8. The molecule has 0 aliphatic carbocycles. The number of imidazole rings is 1. The van der Waals surface area contributed by atoms with E-state index >= 15 is 0 Å². The van der Waals surface area contributed by atoms with Crippen LogP contribution in [0.25, 0.3) is 11.8 Å². The lowest BCUT2D eigenvalue weighted by Crippen LogP contribution is -2.42. The summed E-state index contributed by atoms with van der Waals surface area (Å²) >= 11 is 0. The zero-order valence-electron chi connectivity index (χ0n) is 16.8. The Morgan fingerprint density at radius 1 is 1.19 bits per heavy atom. The van der Waals surface area contributed by atoms with Crippen molar-refractivity contribution in [2.75, 3.05) is 13.2 Å². The summed E-state index contributed by atoms with van der Waals surface area (Å²) in [6.07, 6.45) is 4.65. The minimum Gasteiger partial charge on any atom is -0.486 e. The van der Waals surface area contributed by atoms with E-state index in [1.807, 2.05) is 0 Å². The highest BCUT2D eigenvalue weighted by molar-refractivity contribution is 5.96. The van der Waals surface area contributed by atoms with Crippen molar-refractivity contribution in [2.24, 2.45) is 0 Å². The molecule has 1 saturated heterocycles. The van der Waals surface area contributed by atoms with Crippen LogP contribution in [0.15, 0.2) is 48.6 Å². The van der Waals surface area contributed by atoms with Crippen molar-refractivity contribution in [3.8, 4) is 5.69 Å². The maximum Gasteiger partial charge on any atom is 0.289 e. The fourth-order valence-electron chi connectivity index (χ4n) is 3.46. The molecule has 0 radical (unpaired) electrons. The summed E-state index contributed by atoms with van der Waals surface area (Å²) in [5.41, 5.74) is 1.62. The van der Waals surface area contributed by atoms with E-state index in [9.17, 15) is 18.0 Å². The normalized spacial score (nSPS) is 16.5. The lowest BCUT2D eigenvalue weighted by atomic mass is 10.1. The number of aryl methyl sites for hydroxylation is 1. The number of halogens is 3. The number of aromatic nitrogens is 3. The fraction of sp³-hybridized carbons (Fsp3) is 0.227. The molecule has 0 N–H and O–H groups in total. The second-order valence-corrected chi connectivity index (χ2v) is 7.18. The molecule has 0 spiro atoms. The Kier molecular flexibility index (Phi) is 5.50. The van der Waals surface area contributed by atoms with Gasteiger partial charge in [0.25, 0.3) is 5.91 Å². The van der Waals surface area contributed by atoms with Crippen molar-refractivity contribution in [1.82, 2.24) is 19.4 Å². The number of nitrogens with zero attached hydrogens (tertiary/aromatic N) is 4. The van der Waals surface area contributed by atoms with Gasteiger partial charge >= 0.3 is 0 Å². The van der Waals surface area contributed by atoms with Crippen LogP contribution in [-0.2, 0) is 9.53 Å². The average molecular weight is 428 g/mol. The van der Waals surface area contributed by atoms with Gasteiger partial charge in [-0.05, 0) is 49.8 Å². The Bertz CT molecular complexity index is 1180. The number of hydrogen-bond acceptors (Lipinski definition) is 4. The number of rotatable bonds is 4. The number of amides is 1. The Labute approximate surface area is 176 Å². The van der Waals surface area contributed by atoms with Gasteiger partial charge in [-0.25, -0.2) is 9.37 Å². The number of carbonyl (C=O) groups is 1. The zero-order valence-corrected chi connectivity index (χ0v) is 16.8. The van der Waals surface area contributed by atoms with Crippen LogP contribution in [0.1, 0.15) is 29.8 Å². The smallest absolute Gasteiger partial charge is 0.289 e. The van der Waals surface area contributed by atoms with Gasteiger partial charge in [-0.1, -0.05) is 6.07 Å². The van der Waals surface area contributed by atoms with Crippen LogP contribution in [0.4, 0.5) is 13.2 Å². The molecule has 3 heterocycles. The highest BCUT2D eigenvalue weighted by atomic mass is 19.1. The maximum atomic E-state index is 14.6. The van der Waals surface area contributed by atoms with Crippen LogP contribution in [0.2, 0.25) is 0 Å². The van der Waals surface area contributed by atoms with E-state index in [0.29, 0.717) is 11.3 Å². The first kappa shape index (κ1) is 20.6. The lowest BCUT2D eigenvalue weighted by molar-refractivity contribution is -0.137. The average Bonchev–Trinajstić information content (AvgIpc) is 3.15. The number of ether oxygens (including phenoxy) is 1. The molecule has 3 aromatic rings. The molecule has 0 saturated carbocycles. The lowest BCUT2D eigenvalue weighted by Gasteiger charge is -2.33. The van der Waals surface area contributed by atoms with Crippen molar-refractivity contribution in [3.05, 3.63) is 83.1 Å². The van der Waals surface area contributed by atoms with E-state index in [1.165, 1.54) is 29.4 Å². The summed E-state index contributed by atoms with van der Waals surface area (Å²) in [6.45, 7) is 3.84. The third kappa shape index (κ3) is 4.16. The number of carbonyl (C=O) groups excluding carboxylic acids is 1. The molecule has 6 nitrogen and oxygen atoms in total. The number of hydrogen-bond donors (Lipinski definition) is 0. The molecule has 4 rings (SSSR count). The Balaban J connectivity index is 1.58. The molecule has 1 aliphatic rings. The van der Waals surface area contributed by atoms with E-state index in [4.69, 9.17) is 4.74 Å². The minimum atomic E-state index is -0.968. The molecule has 1 aliphatic heterocycles. The van der Waals surface area contributed by atoms with Crippen molar-refractivity contribution in [1.29, 1.82) is 0 Å². The van der Waals surface area contributed by atoms with Crippen LogP contribution in [0.5, 0.6) is 0 Å². The molecule has 1 atom stereocenters. The summed E-state index contributed by atoms with van der Waals surface area (Å²) in [6, 6.07) is 6.15. The van der Waals surface area contributed by atoms with Gasteiger partial charge in [0.15, 0.2) is 5.76 Å². The first-order valence-electron chi connectivity index (χ1n) is 9.61. The Morgan fingerprint density at radius 3 is 2.68 bits per heavy atom. The third-order valence-electron chi connectivity index (χ3n) is 5.08. The molecule has 31 heavy (non-hydrogen) atoms. The van der Waals surface area contributed by atoms with E-state index in [2.05, 4.69) is 9.97 Å². The van der Waals surface area contributed by atoms with E-state index in [-0.39, 0.29) is 24.5 Å². The first-order valence-corrected chi connectivity index (χ1v) is 9.61. The van der Waals surface area contributed by atoms with Crippen molar-refractivity contribution in [3.63, 3.8) is 0 Å². The van der Waals surface area contributed by atoms with Crippen LogP contribution in [0.3, 0.4) is 0 Å². The van der Waals surface area contributed by atoms with Gasteiger partial charge in [0.05, 0.1) is 30.3 Å². The molecular formula is C22H19F3N4O2. The van der Waals surface area contributed by atoms with E-state index in [1.54, 1.807) is 36.7 Å². The maximum absolute atomic E-state index is 14.6. The van der Waals surface area contributed by atoms with Crippen molar-refractivity contribution in [2.45, 2.75) is 19.9 Å². The summed E-state index contributed by atoms with van der Waals surface area (Å²) in [7, 11) is 0. The summed E-state index contributed by atoms with van der Waals surface area (Å²) in [5, 5.41) is 0. The Morgan fingerprint density at radius 2 is 2.00 bits per heavy atom. The molecular weight excluding hydrogens is 409 g/mol. The second kappa shape index (κ2) is 8.25. The predicted molar refractivity (Wildman–Crippen MR) is 106 cm³/mol. The summed E-state index contributed by atoms with van der Waals surface area (Å²) < 4.78 is 48.8. The highest BCUT2D eigenvalue weighted by Crippen LogP contribution is 2.27. The molecule has 0 bridgehead atoms. The number of morpholine rings is 1. The van der Waals surface area contributed by atoms with Gasteiger partial charge in [-0.15, -0.1) is 0 Å². The number of pyridine rings is 1. The molecule has 9 heteroatoms. The van der Waals surface area contributed by atoms with Gasteiger partial charge in [0.1, 0.15) is 12.4 Å². The zero-order chi connectivity index (χ0) is 22.1. The van der Waals surface area contributed by atoms with Crippen LogP contribution < -0.4 is 0 Å². The monoisotopic (exact) mass is 428 g/mol. The molecule has 2 aromatic heterocycles. The Hall–Kier alpha value is -3.62. The van der Waals surface area contributed by atoms with E-state index < -0.39 is 29.7 Å². The van der Waals surface area contributed by atoms with Crippen molar-refractivity contribution < 1.29 is 22.7 Å². The van der Waals surface area contributed by atoms with E-state index in [0.717, 1.165) is 11.8 Å². The highest BCUT2D eigenvalue weighted by Gasteiger charge is 2.31. The van der Waals surface area contributed by atoms with Gasteiger partial charge < -0.3 is 14.2 Å². The summed E-state index contributed by atoms with van der Waals surface area (Å²) in [5.74, 6) is -2.85. The topological polar surface area (TPSA) is 60.2 Å². The third-order valence-corrected chi connectivity index (χ3v) is 5.08. The summed E-state index contributed by atoms with van der Waals surface area (Å²) in [4.78, 5) is 21.6. The van der Waals surface area contributed by atoms with Gasteiger partial charge in [0.2, 0.25) is 11.9 Å². The quantitative estimate of drug-likeness (QED) is 0.466. The standard InChI is InChI=1S/C22H19F3N4O2/c1-13-11-28(12-26-13)18-5-3-15(9-17(18)23)10-19-22(30)29(7-8-31-19)14(2)16-4-6-20(24)27-21(16)25/h3-6,9-12,14H,7-8H2,1-2H3/b19-10-. The number of benzene rings is 1. The minimum absolute atomic E-state index is 0.0132. The predicted octanol–water partition coefficient (Wildman–Crippen LogP) is 3.95. The van der Waals surface area contributed by atoms with Gasteiger partial charge in [0, 0.05) is 11.8 Å². The van der Waals surface area contributed by atoms with Crippen LogP contribution in [-0.4, -0.2) is 38.5 Å². The SMILES string of the molecule is Cc1cn(-c2ccc(/C=C3\OCCN(C(C)c4ccc(F)nc4F)C3=O)cc2F)cn1. The fourth-order valence-corrected chi connectivity index (χ4v) is 3.46. The molecule has 160 valence electrons. The second-order valence-electron chi connectivity index (χ2n) is 7.18. The molecule has 1 fully saturated rings. The van der Waals surface area contributed by atoms with Gasteiger partial charge in [-0.3, -0.25) is 4.79 Å². The molecule has 1 aromatic carbocycles. The van der Waals surface area contributed by atoms with Crippen molar-refractivity contribution >= 4 is 12.0 Å². The van der Waals surface area contributed by atoms with Gasteiger partial charge in [-0.2, -0.15) is 13.8 Å². The largest absolute Gasteiger partial charge is 0.486 e. The molecule has 1 unspecified atom stereocenters. The van der Waals surface area contributed by atoms with Crippen LogP contribution in [0, 0.1) is 24.6 Å². The molecule has 1 amide bonds.